The number of nitrogens with two attached hydrogens (primary N) is 1. The van der Waals surface area contributed by atoms with Gasteiger partial charge in [0.1, 0.15) is 5.75 Å². The maximum absolute atomic E-state index is 6.45. The van der Waals surface area contributed by atoms with E-state index in [1.54, 1.807) is 32.7 Å². The second-order valence-electron chi connectivity index (χ2n) is 4.80. The van der Waals surface area contributed by atoms with Crippen LogP contribution in [0.2, 0.25) is 0 Å². The number of rotatable bonds is 5. The van der Waals surface area contributed by atoms with E-state index in [4.69, 9.17) is 19.9 Å². The molecule has 0 fully saturated rings. The lowest BCUT2D eigenvalue weighted by Crippen LogP contribution is -2.13. The average Bonchev–Trinajstić information content (AvgIpc) is 2.83. The summed E-state index contributed by atoms with van der Waals surface area (Å²) < 4.78 is 16.1. The largest absolute Gasteiger partial charge is 0.496 e. The van der Waals surface area contributed by atoms with E-state index in [1.807, 2.05) is 12.1 Å². The summed E-state index contributed by atoms with van der Waals surface area (Å²) in [4.78, 5) is 2.47. The predicted octanol–water partition coefficient (Wildman–Crippen LogP) is 3.44. The molecule has 114 valence electrons. The van der Waals surface area contributed by atoms with Crippen molar-refractivity contribution < 1.29 is 14.2 Å². The van der Waals surface area contributed by atoms with Crippen LogP contribution in [0, 0.1) is 13.8 Å². The highest BCUT2D eigenvalue weighted by atomic mass is 32.1. The van der Waals surface area contributed by atoms with Crippen molar-refractivity contribution >= 4 is 11.3 Å². The molecule has 0 aliphatic rings. The van der Waals surface area contributed by atoms with E-state index in [9.17, 15) is 0 Å². The Labute approximate surface area is 129 Å². The van der Waals surface area contributed by atoms with Crippen LogP contribution in [0.4, 0.5) is 0 Å². The molecule has 2 aromatic rings. The molecule has 0 bridgehead atoms. The van der Waals surface area contributed by atoms with E-state index in [1.165, 1.54) is 9.75 Å². The van der Waals surface area contributed by atoms with Gasteiger partial charge in [-0.15, -0.1) is 11.3 Å². The number of thiophene rings is 1. The van der Waals surface area contributed by atoms with Crippen LogP contribution in [-0.4, -0.2) is 21.3 Å². The molecule has 5 heteroatoms. The van der Waals surface area contributed by atoms with Crippen LogP contribution in [-0.2, 0) is 0 Å². The molecule has 0 radical (unpaired) electrons. The highest BCUT2D eigenvalue weighted by Gasteiger charge is 2.20. The maximum Gasteiger partial charge on any atom is 0.164 e. The van der Waals surface area contributed by atoms with E-state index in [2.05, 4.69) is 19.9 Å². The smallest absolute Gasteiger partial charge is 0.164 e. The molecule has 1 aromatic heterocycles. The summed E-state index contributed by atoms with van der Waals surface area (Å²) in [5.74, 6) is 1.97. The highest BCUT2D eigenvalue weighted by Crippen LogP contribution is 2.40. The first-order valence-corrected chi connectivity index (χ1v) is 7.45. The molecular formula is C16H21NO3S. The van der Waals surface area contributed by atoms with E-state index in [-0.39, 0.29) is 6.04 Å². The van der Waals surface area contributed by atoms with E-state index in [0.29, 0.717) is 17.2 Å². The lowest BCUT2D eigenvalue weighted by atomic mass is 9.98. The minimum absolute atomic E-state index is 0.260. The molecular weight excluding hydrogens is 286 g/mol. The van der Waals surface area contributed by atoms with Crippen molar-refractivity contribution in [1.82, 2.24) is 0 Å². The summed E-state index contributed by atoms with van der Waals surface area (Å²) in [6.45, 7) is 4.17. The zero-order valence-corrected chi connectivity index (χ0v) is 13.8. The first kappa shape index (κ1) is 15.7. The number of hydrogen-bond donors (Lipinski definition) is 1. The summed E-state index contributed by atoms with van der Waals surface area (Å²) in [6.07, 6.45) is 0. The number of methoxy groups -OCH3 is 3. The fraction of sp³-hybridized carbons (Fsp3) is 0.375. The van der Waals surface area contributed by atoms with Gasteiger partial charge < -0.3 is 19.9 Å². The Hall–Kier alpha value is -1.72. The molecule has 1 aromatic carbocycles. The first-order chi connectivity index (χ1) is 10.0. The Morgan fingerprint density at radius 1 is 0.857 bits per heavy atom. The Morgan fingerprint density at radius 2 is 1.43 bits per heavy atom. The van der Waals surface area contributed by atoms with Gasteiger partial charge >= 0.3 is 0 Å². The minimum atomic E-state index is -0.260. The van der Waals surface area contributed by atoms with Gasteiger partial charge in [0.25, 0.3) is 0 Å². The fourth-order valence-corrected chi connectivity index (χ4v) is 3.40. The van der Waals surface area contributed by atoms with Crippen molar-refractivity contribution in [2.75, 3.05) is 21.3 Å². The fourth-order valence-electron chi connectivity index (χ4n) is 2.42. The van der Waals surface area contributed by atoms with Crippen molar-refractivity contribution in [2.24, 2.45) is 5.73 Å². The van der Waals surface area contributed by atoms with Gasteiger partial charge in [0.2, 0.25) is 0 Å². The quantitative estimate of drug-likeness (QED) is 0.919. The van der Waals surface area contributed by atoms with Gasteiger partial charge in [-0.3, -0.25) is 0 Å². The Kier molecular flexibility index (Phi) is 4.75. The van der Waals surface area contributed by atoms with Gasteiger partial charge in [-0.25, -0.2) is 0 Å². The summed E-state index contributed by atoms with van der Waals surface area (Å²) in [7, 11) is 4.84. The molecule has 2 rings (SSSR count). The third-order valence-electron chi connectivity index (χ3n) is 3.49. The van der Waals surface area contributed by atoms with Crippen molar-refractivity contribution in [3.63, 3.8) is 0 Å². The molecule has 0 aliphatic heterocycles. The maximum atomic E-state index is 6.45. The number of ether oxygens (including phenoxy) is 3. The van der Waals surface area contributed by atoms with Crippen molar-refractivity contribution in [3.8, 4) is 17.2 Å². The monoisotopic (exact) mass is 307 g/mol. The zero-order valence-electron chi connectivity index (χ0n) is 13.0. The van der Waals surface area contributed by atoms with Gasteiger partial charge in [-0.1, -0.05) is 0 Å². The van der Waals surface area contributed by atoms with Crippen LogP contribution >= 0.6 is 11.3 Å². The van der Waals surface area contributed by atoms with E-state index < -0.39 is 0 Å². The molecule has 0 saturated heterocycles. The van der Waals surface area contributed by atoms with Crippen LogP contribution in [0.5, 0.6) is 17.2 Å². The SMILES string of the molecule is COc1cc(OC)c(C(N)c2cc(C)sc2C)cc1OC. The normalized spacial score (nSPS) is 12.1. The van der Waals surface area contributed by atoms with Crippen LogP contribution < -0.4 is 19.9 Å². The van der Waals surface area contributed by atoms with Crippen LogP contribution in [0.3, 0.4) is 0 Å². The number of hydrogen-bond acceptors (Lipinski definition) is 5. The van der Waals surface area contributed by atoms with Crippen LogP contribution in [0.15, 0.2) is 18.2 Å². The predicted molar refractivity (Wildman–Crippen MR) is 85.9 cm³/mol. The topological polar surface area (TPSA) is 53.7 Å². The summed E-state index contributed by atoms with van der Waals surface area (Å²) >= 11 is 1.75. The number of aryl methyl sites for hydroxylation is 2. The lowest BCUT2D eigenvalue weighted by molar-refractivity contribution is 0.347. The molecule has 0 amide bonds. The van der Waals surface area contributed by atoms with Crippen LogP contribution in [0.1, 0.15) is 26.9 Å². The highest BCUT2D eigenvalue weighted by molar-refractivity contribution is 7.12. The Bertz CT molecular complexity index is 637. The molecule has 21 heavy (non-hydrogen) atoms. The third-order valence-corrected chi connectivity index (χ3v) is 4.47. The summed E-state index contributed by atoms with van der Waals surface area (Å²) in [5.41, 5.74) is 8.45. The summed E-state index contributed by atoms with van der Waals surface area (Å²) in [6, 6.07) is 5.56. The zero-order chi connectivity index (χ0) is 15.6. The standard InChI is InChI=1S/C16H21NO3S/c1-9-6-11(10(2)21-9)16(17)12-7-14(19-4)15(20-5)8-13(12)18-3/h6-8,16H,17H2,1-5H3. The third kappa shape index (κ3) is 2.99. The average molecular weight is 307 g/mol. The van der Waals surface area contributed by atoms with Crippen molar-refractivity contribution in [2.45, 2.75) is 19.9 Å². The second kappa shape index (κ2) is 6.37. The van der Waals surface area contributed by atoms with Gasteiger partial charge in [-0.05, 0) is 31.5 Å². The molecule has 1 unspecified atom stereocenters. The number of benzene rings is 1. The Morgan fingerprint density at radius 3 is 1.90 bits per heavy atom. The molecule has 0 saturated carbocycles. The van der Waals surface area contributed by atoms with Crippen molar-refractivity contribution in [1.29, 1.82) is 0 Å². The van der Waals surface area contributed by atoms with E-state index >= 15 is 0 Å². The second-order valence-corrected chi connectivity index (χ2v) is 6.26. The summed E-state index contributed by atoms with van der Waals surface area (Å²) in [5, 5.41) is 0. The van der Waals surface area contributed by atoms with Gasteiger partial charge in [0.15, 0.2) is 11.5 Å². The van der Waals surface area contributed by atoms with Gasteiger partial charge in [-0.2, -0.15) is 0 Å². The van der Waals surface area contributed by atoms with Crippen LogP contribution in [0.25, 0.3) is 0 Å². The molecule has 4 nitrogen and oxygen atoms in total. The first-order valence-electron chi connectivity index (χ1n) is 6.64. The molecule has 0 spiro atoms. The lowest BCUT2D eigenvalue weighted by Gasteiger charge is -2.18. The van der Waals surface area contributed by atoms with E-state index in [0.717, 1.165) is 11.1 Å². The van der Waals surface area contributed by atoms with Gasteiger partial charge in [0, 0.05) is 21.4 Å². The molecule has 1 atom stereocenters. The molecule has 2 N–H and O–H groups in total. The Balaban J connectivity index is 2.53. The molecule has 0 aliphatic carbocycles. The molecule has 1 heterocycles. The van der Waals surface area contributed by atoms with Gasteiger partial charge in [0.05, 0.1) is 27.4 Å². The van der Waals surface area contributed by atoms with Crippen molar-refractivity contribution in [3.05, 3.63) is 39.1 Å². The minimum Gasteiger partial charge on any atom is -0.496 e.